The van der Waals surface area contributed by atoms with Gasteiger partial charge in [0.05, 0.1) is 5.92 Å². The third-order valence-electron chi connectivity index (χ3n) is 4.46. The highest BCUT2D eigenvalue weighted by Gasteiger charge is 2.36. The Morgan fingerprint density at radius 2 is 2.05 bits per heavy atom. The standard InChI is InChI=1S/C16H22N2O3/c1-10-6-7-14(16(20)21)11(2)18(10)9-12-4-3-5-13(8-12)15(17)19/h3-5,8,10-11,14H,6-7,9H2,1-2H3,(H2,17,19)(H,20,21)/t10-,11+,14+/m1/s1. The van der Waals surface area contributed by atoms with Crippen molar-refractivity contribution in [3.63, 3.8) is 0 Å². The molecule has 1 fully saturated rings. The van der Waals surface area contributed by atoms with E-state index in [0.29, 0.717) is 18.2 Å². The maximum absolute atomic E-state index is 11.3. The molecular formula is C16H22N2O3. The van der Waals surface area contributed by atoms with E-state index in [1.165, 1.54) is 0 Å². The number of carbonyl (C=O) groups excluding carboxylic acids is 1. The third-order valence-corrected chi connectivity index (χ3v) is 4.46. The lowest BCUT2D eigenvalue weighted by atomic mass is 9.86. The van der Waals surface area contributed by atoms with Crippen molar-refractivity contribution in [2.75, 3.05) is 0 Å². The average Bonchev–Trinajstić information content (AvgIpc) is 2.43. The molecule has 0 radical (unpaired) electrons. The van der Waals surface area contributed by atoms with Gasteiger partial charge in [-0.15, -0.1) is 0 Å². The first-order valence-electron chi connectivity index (χ1n) is 7.27. The summed E-state index contributed by atoms with van der Waals surface area (Å²) in [7, 11) is 0. The van der Waals surface area contributed by atoms with Gasteiger partial charge >= 0.3 is 5.97 Å². The fourth-order valence-corrected chi connectivity index (χ4v) is 3.12. The average molecular weight is 290 g/mol. The van der Waals surface area contributed by atoms with Crippen LogP contribution in [0.1, 0.15) is 42.6 Å². The molecule has 21 heavy (non-hydrogen) atoms. The Balaban J connectivity index is 2.18. The monoisotopic (exact) mass is 290 g/mol. The Hall–Kier alpha value is -1.88. The molecular weight excluding hydrogens is 268 g/mol. The van der Waals surface area contributed by atoms with Crippen molar-refractivity contribution in [3.8, 4) is 0 Å². The van der Waals surface area contributed by atoms with Gasteiger partial charge in [-0.2, -0.15) is 0 Å². The molecule has 0 unspecified atom stereocenters. The lowest BCUT2D eigenvalue weighted by molar-refractivity contribution is -0.146. The van der Waals surface area contributed by atoms with Crippen LogP contribution < -0.4 is 5.73 Å². The largest absolute Gasteiger partial charge is 0.481 e. The highest BCUT2D eigenvalue weighted by atomic mass is 16.4. The highest BCUT2D eigenvalue weighted by Crippen LogP contribution is 2.29. The van der Waals surface area contributed by atoms with E-state index in [1.54, 1.807) is 12.1 Å². The number of nitrogens with zero attached hydrogens (tertiary/aromatic N) is 1. The van der Waals surface area contributed by atoms with Gasteiger partial charge in [-0.1, -0.05) is 12.1 Å². The normalized spacial score (nSPS) is 26.5. The lowest BCUT2D eigenvalue weighted by Crippen LogP contribution is -2.50. The number of piperidine rings is 1. The number of hydrogen-bond donors (Lipinski definition) is 2. The molecule has 1 saturated heterocycles. The number of primary amides is 1. The van der Waals surface area contributed by atoms with Gasteiger partial charge in [0.15, 0.2) is 0 Å². The minimum Gasteiger partial charge on any atom is -0.481 e. The second-order valence-electron chi connectivity index (χ2n) is 5.85. The van der Waals surface area contributed by atoms with E-state index in [2.05, 4.69) is 11.8 Å². The number of carboxylic acids is 1. The molecule has 2 rings (SSSR count). The third kappa shape index (κ3) is 3.42. The van der Waals surface area contributed by atoms with Gasteiger partial charge in [-0.05, 0) is 44.4 Å². The summed E-state index contributed by atoms with van der Waals surface area (Å²) < 4.78 is 0. The fraction of sp³-hybridized carbons (Fsp3) is 0.500. The molecule has 0 saturated carbocycles. The molecule has 1 aliphatic rings. The fourth-order valence-electron chi connectivity index (χ4n) is 3.12. The number of rotatable bonds is 4. The Morgan fingerprint density at radius 3 is 2.67 bits per heavy atom. The van der Waals surface area contributed by atoms with Crippen molar-refractivity contribution >= 4 is 11.9 Å². The van der Waals surface area contributed by atoms with Gasteiger partial charge in [-0.25, -0.2) is 0 Å². The van der Waals surface area contributed by atoms with E-state index >= 15 is 0 Å². The van der Waals surface area contributed by atoms with Gasteiger partial charge in [0, 0.05) is 24.2 Å². The summed E-state index contributed by atoms with van der Waals surface area (Å²) in [5, 5.41) is 9.31. The molecule has 1 aromatic rings. The van der Waals surface area contributed by atoms with Crippen molar-refractivity contribution in [2.45, 2.75) is 45.3 Å². The Kier molecular flexibility index (Phi) is 4.63. The Bertz CT molecular complexity index is 544. The van der Waals surface area contributed by atoms with Crippen molar-refractivity contribution < 1.29 is 14.7 Å². The minimum atomic E-state index is -0.731. The van der Waals surface area contributed by atoms with Gasteiger partial charge in [-0.3, -0.25) is 14.5 Å². The molecule has 1 amide bonds. The number of likely N-dealkylation sites (tertiary alicyclic amines) is 1. The second kappa shape index (κ2) is 6.26. The first-order chi connectivity index (χ1) is 9.90. The maximum Gasteiger partial charge on any atom is 0.308 e. The van der Waals surface area contributed by atoms with Crippen LogP contribution in [-0.4, -0.2) is 34.0 Å². The second-order valence-corrected chi connectivity index (χ2v) is 5.85. The molecule has 1 aromatic carbocycles. The van der Waals surface area contributed by atoms with Crippen LogP contribution in [0.25, 0.3) is 0 Å². The van der Waals surface area contributed by atoms with Crippen LogP contribution in [0, 0.1) is 5.92 Å². The van der Waals surface area contributed by atoms with E-state index in [9.17, 15) is 14.7 Å². The molecule has 1 heterocycles. The molecule has 0 spiro atoms. The summed E-state index contributed by atoms with van der Waals surface area (Å²) >= 11 is 0. The summed E-state index contributed by atoms with van der Waals surface area (Å²) in [6.07, 6.45) is 1.59. The summed E-state index contributed by atoms with van der Waals surface area (Å²) in [4.78, 5) is 24.8. The van der Waals surface area contributed by atoms with Crippen LogP contribution in [0.5, 0.6) is 0 Å². The number of amides is 1. The zero-order valence-electron chi connectivity index (χ0n) is 12.5. The molecule has 5 nitrogen and oxygen atoms in total. The van der Waals surface area contributed by atoms with Crippen LogP contribution in [0.3, 0.4) is 0 Å². The summed E-state index contributed by atoms with van der Waals surface area (Å²) in [5.41, 5.74) is 6.77. The number of nitrogens with two attached hydrogens (primary N) is 1. The molecule has 3 N–H and O–H groups in total. The topological polar surface area (TPSA) is 83.6 Å². The van der Waals surface area contributed by atoms with Gasteiger partial charge in [0.25, 0.3) is 0 Å². The molecule has 1 aliphatic heterocycles. The summed E-state index contributed by atoms with van der Waals surface area (Å²) in [6.45, 7) is 4.71. The van der Waals surface area contributed by atoms with Gasteiger partial charge in [0.1, 0.15) is 0 Å². The molecule has 114 valence electrons. The first-order valence-corrected chi connectivity index (χ1v) is 7.27. The number of benzene rings is 1. The van der Waals surface area contributed by atoms with Crippen LogP contribution in [0.2, 0.25) is 0 Å². The van der Waals surface area contributed by atoms with Crippen molar-refractivity contribution in [1.29, 1.82) is 0 Å². The Labute approximate surface area is 124 Å². The predicted octanol–water partition coefficient (Wildman–Crippen LogP) is 1.86. The zero-order chi connectivity index (χ0) is 15.6. The van der Waals surface area contributed by atoms with Gasteiger partial charge < -0.3 is 10.8 Å². The van der Waals surface area contributed by atoms with Crippen LogP contribution in [0.4, 0.5) is 0 Å². The van der Waals surface area contributed by atoms with Crippen molar-refractivity contribution in [3.05, 3.63) is 35.4 Å². The highest BCUT2D eigenvalue weighted by molar-refractivity contribution is 5.92. The van der Waals surface area contributed by atoms with E-state index in [-0.39, 0.29) is 12.0 Å². The molecule has 5 heteroatoms. The first kappa shape index (κ1) is 15.5. The molecule has 0 aliphatic carbocycles. The maximum atomic E-state index is 11.3. The van der Waals surface area contributed by atoms with Crippen LogP contribution in [0.15, 0.2) is 24.3 Å². The van der Waals surface area contributed by atoms with Crippen molar-refractivity contribution in [2.24, 2.45) is 11.7 Å². The van der Waals surface area contributed by atoms with E-state index < -0.39 is 11.9 Å². The number of hydrogen-bond acceptors (Lipinski definition) is 3. The van der Waals surface area contributed by atoms with E-state index in [0.717, 1.165) is 18.4 Å². The zero-order valence-corrected chi connectivity index (χ0v) is 12.5. The summed E-state index contributed by atoms with van der Waals surface area (Å²) in [5.74, 6) is -1.51. The molecule has 0 aromatic heterocycles. The van der Waals surface area contributed by atoms with Crippen molar-refractivity contribution in [1.82, 2.24) is 4.90 Å². The quantitative estimate of drug-likeness (QED) is 0.886. The smallest absolute Gasteiger partial charge is 0.308 e. The minimum absolute atomic E-state index is 0.0246. The lowest BCUT2D eigenvalue weighted by Gasteiger charge is -2.42. The molecule has 0 bridgehead atoms. The van der Waals surface area contributed by atoms with Crippen LogP contribution in [-0.2, 0) is 11.3 Å². The SMILES string of the molecule is C[C@@H]1CC[C@H](C(=O)O)[C@H](C)N1Cc1cccc(C(N)=O)c1. The molecule has 3 atom stereocenters. The van der Waals surface area contributed by atoms with E-state index in [1.807, 2.05) is 19.1 Å². The summed E-state index contributed by atoms with van der Waals surface area (Å²) in [6, 6.07) is 7.53. The number of aliphatic carboxylic acids is 1. The number of carboxylic acid groups (broad SMARTS) is 1. The number of carbonyl (C=O) groups is 2. The van der Waals surface area contributed by atoms with E-state index in [4.69, 9.17) is 5.73 Å². The predicted molar refractivity (Wildman–Crippen MR) is 79.8 cm³/mol. The van der Waals surface area contributed by atoms with Crippen LogP contribution >= 0.6 is 0 Å². The Morgan fingerprint density at radius 1 is 1.33 bits per heavy atom. The van der Waals surface area contributed by atoms with Gasteiger partial charge in [0.2, 0.25) is 5.91 Å².